The molecule has 3 aromatic rings. The maximum atomic E-state index is 12.4. The van der Waals surface area contributed by atoms with Gasteiger partial charge in [-0.1, -0.05) is 18.2 Å². The zero-order chi connectivity index (χ0) is 16.9. The van der Waals surface area contributed by atoms with E-state index in [4.69, 9.17) is 9.47 Å². The Bertz CT molecular complexity index is 874. The second-order valence-electron chi connectivity index (χ2n) is 5.65. The van der Waals surface area contributed by atoms with E-state index in [1.165, 1.54) is 0 Å². The first-order valence-corrected chi connectivity index (χ1v) is 7.82. The van der Waals surface area contributed by atoms with Crippen molar-refractivity contribution in [1.29, 1.82) is 0 Å². The van der Waals surface area contributed by atoms with Crippen LogP contribution < -0.4 is 4.74 Å². The van der Waals surface area contributed by atoms with Gasteiger partial charge in [0.15, 0.2) is 0 Å². The van der Waals surface area contributed by atoms with Crippen LogP contribution in [-0.2, 0) is 11.2 Å². The van der Waals surface area contributed by atoms with Crippen LogP contribution in [0.2, 0.25) is 0 Å². The van der Waals surface area contributed by atoms with Gasteiger partial charge in [0.05, 0.1) is 19.3 Å². The summed E-state index contributed by atoms with van der Waals surface area (Å²) in [4.78, 5) is 16.6. The minimum absolute atomic E-state index is 0.320. The van der Waals surface area contributed by atoms with Crippen LogP contribution >= 0.6 is 0 Å². The highest BCUT2D eigenvalue weighted by atomic mass is 16.5. The maximum absolute atomic E-state index is 12.4. The van der Waals surface area contributed by atoms with Gasteiger partial charge in [0.25, 0.3) is 0 Å². The van der Waals surface area contributed by atoms with Gasteiger partial charge in [-0.15, -0.1) is 0 Å². The molecular formula is C20H19NO3. The summed E-state index contributed by atoms with van der Waals surface area (Å²) >= 11 is 0. The number of hydrogen-bond acceptors (Lipinski definition) is 4. The Morgan fingerprint density at radius 3 is 2.88 bits per heavy atom. The smallest absolute Gasteiger partial charge is 0.338 e. The van der Waals surface area contributed by atoms with Gasteiger partial charge in [0.1, 0.15) is 5.75 Å². The summed E-state index contributed by atoms with van der Waals surface area (Å²) in [6, 6.07) is 13.5. The number of carbonyl (C=O) groups excluding carboxylic acids is 1. The average molecular weight is 321 g/mol. The Balaban J connectivity index is 1.71. The van der Waals surface area contributed by atoms with Crippen LogP contribution in [0.3, 0.4) is 0 Å². The number of nitrogens with zero attached hydrogens (tertiary/aromatic N) is 1. The number of benzene rings is 2. The van der Waals surface area contributed by atoms with Crippen molar-refractivity contribution in [3.8, 4) is 5.75 Å². The van der Waals surface area contributed by atoms with Crippen molar-refractivity contribution >= 4 is 16.7 Å². The van der Waals surface area contributed by atoms with E-state index in [1.807, 2.05) is 49.4 Å². The lowest BCUT2D eigenvalue weighted by Crippen LogP contribution is -2.09. The first-order valence-electron chi connectivity index (χ1n) is 7.82. The summed E-state index contributed by atoms with van der Waals surface area (Å²) in [6.07, 6.45) is 4.07. The van der Waals surface area contributed by atoms with Crippen molar-refractivity contribution < 1.29 is 14.3 Å². The van der Waals surface area contributed by atoms with Crippen molar-refractivity contribution in [2.24, 2.45) is 0 Å². The van der Waals surface area contributed by atoms with Crippen molar-refractivity contribution in [2.45, 2.75) is 13.3 Å². The molecule has 0 N–H and O–H groups in total. The lowest BCUT2D eigenvalue weighted by Gasteiger charge is -2.09. The quantitative estimate of drug-likeness (QED) is 0.668. The normalized spacial score (nSPS) is 10.6. The Morgan fingerprint density at radius 1 is 1.17 bits per heavy atom. The highest BCUT2D eigenvalue weighted by Gasteiger charge is 2.12. The molecule has 0 amide bonds. The third-order valence-corrected chi connectivity index (χ3v) is 3.88. The van der Waals surface area contributed by atoms with Crippen LogP contribution in [0.4, 0.5) is 0 Å². The standard InChI is InChI=1S/C20H19NO3/c1-14-10-16-6-8-21-13-19(16)18(11-14)20(22)24-9-7-15-4-3-5-17(12-15)23-2/h3-6,8,10-13H,7,9H2,1-2H3. The fourth-order valence-corrected chi connectivity index (χ4v) is 2.68. The average Bonchev–Trinajstić information content (AvgIpc) is 2.61. The molecule has 0 saturated heterocycles. The molecule has 0 unspecified atom stereocenters. The fourth-order valence-electron chi connectivity index (χ4n) is 2.68. The third kappa shape index (κ3) is 3.54. The monoisotopic (exact) mass is 321 g/mol. The molecule has 4 nitrogen and oxygen atoms in total. The fraction of sp³-hybridized carbons (Fsp3) is 0.200. The zero-order valence-corrected chi connectivity index (χ0v) is 13.8. The summed E-state index contributed by atoms with van der Waals surface area (Å²) in [5.74, 6) is 0.481. The summed E-state index contributed by atoms with van der Waals surface area (Å²) < 4.78 is 10.7. The second-order valence-corrected chi connectivity index (χ2v) is 5.65. The first-order chi connectivity index (χ1) is 11.7. The molecule has 0 aliphatic carbocycles. The Morgan fingerprint density at radius 2 is 2.04 bits per heavy atom. The van der Waals surface area contributed by atoms with Gasteiger partial charge in [0, 0.05) is 24.2 Å². The Labute approximate surface area is 141 Å². The van der Waals surface area contributed by atoms with E-state index in [9.17, 15) is 4.79 Å². The van der Waals surface area contributed by atoms with E-state index < -0.39 is 0 Å². The van der Waals surface area contributed by atoms with Gasteiger partial charge in [-0.05, 0) is 47.7 Å². The number of aromatic nitrogens is 1. The van der Waals surface area contributed by atoms with Crippen molar-refractivity contribution in [2.75, 3.05) is 13.7 Å². The molecule has 3 rings (SSSR count). The number of ether oxygens (including phenoxy) is 2. The van der Waals surface area contributed by atoms with E-state index in [2.05, 4.69) is 4.98 Å². The van der Waals surface area contributed by atoms with Gasteiger partial charge >= 0.3 is 5.97 Å². The third-order valence-electron chi connectivity index (χ3n) is 3.88. The molecule has 1 aromatic heterocycles. The predicted molar refractivity (Wildman–Crippen MR) is 93.5 cm³/mol. The van der Waals surface area contributed by atoms with Gasteiger partial charge in [-0.2, -0.15) is 0 Å². The summed E-state index contributed by atoms with van der Waals surface area (Å²) in [6.45, 7) is 2.29. The number of methoxy groups -OCH3 is 1. The molecule has 0 spiro atoms. The number of hydrogen-bond donors (Lipinski definition) is 0. The first kappa shape index (κ1) is 16.0. The van der Waals surface area contributed by atoms with E-state index >= 15 is 0 Å². The zero-order valence-electron chi connectivity index (χ0n) is 13.8. The highest BCUT2D eigenvalue weighted by molar-refractivity contribution is 6.04. The lowest BCUT2D eigenvalue weighted by molar-refractivity contribution is 0.0511. The number of carbonyl (C=O) groups is 1. The molecule has 4 heteroatoms. The minimum Gasteiger partial charge on any atom is -0.497 e. The molecule has 2 aromatic carbocycles. The molecule has 0 atom stereocenters. The molecule has 24 heavy (non-hydrogen) atoms. The molecule has 0 radical (unpaired) electrons. The Hall–Kier alpha value is -2.88. The molecule has 1 heterocycles. The van der Waals surface area contributed by atoms with Crippen molar-refractivity contribution in [1.82, 2.24) is 4.98 Å². The largest absolute Gasteiger partial charge is 0.497 e. The molecule has 0 aliphatic rings. The van der Waals surface area contributed by atoms with E-state index in [0.717, 1.165) is 27.6 Å². The predicted octanol–water partition coefficient (Wildman–Crippen LogP) is 3.95. The maximum Gasteiger partial charge on any atom is 0.338 e. The number of rotatable bonds is 5. The van der Waals surface area contributed by atoms with Gasteiger partial charge in [0.2, 0.25) is 0 Å². The molecule has 0 fully saturated rings. The van der Waals surface area contributed by atoms with E-state index in [-0.39, 0.29) is 5.97 Å². The second kappa shape index (κ2) is 7.13. The molecule has 0 aliphatic heterocycles. The molecule has 122 valence electrons. The van der Waals surface area contributed by atoms with E-state index in [0.29, 0.717) is 18.6 Å². The van der Waals surface area contributed by atoms with Crippen LogP contribution in [0, 0.1) is 6.92 Å². The molecular weight excluding hydrogens is 302 g/mol. The van der Waals surface area contributed by atoms with Crippen LogP contribution in [-0.4, -0.2) is 24.7 Å². The SMILES string of the molecule is COc1cccc(CCOC(=O)c2cc(C)cc3ccncc23)c1. The van der Waals surface area contributed by atoms with Crippen LogP contribution in [0.15, 0.2) is 54.9 Å². The number of pyridine rings is 1. The van der Waals surface area contributed by atoms with Gasteiger partial charge in [-0.3, -0.25) is 4.98 Å². The summed E-state index contributed by atoms with van der Waals surface area (Å²) in [5, 5.41) is 1.80. The number of esters is 1. The number of aryl methyl sites for hydroxylation is 1. The van der Waals surface area contributed by atoms with E-state index in [1.54, 1.807) is 19.5 Å². The minimum atomic E-state index is -0.320. The Kier molecular flexibility index (Phi) is 4.75. The van der Waals surface area contributed by atoms with Gasteiger partial charge < -0.3 is 9.47 Å². The van der Waals surface area contributed by atoms with Crippen LogP contribution in [0.1, 0.15) is 21.5 Å². The van der Waals surface area contributed by atoms with Crippen molar-refractivity contribution in [3.05, 3.63) is 71.5 Å². The number of fused-ring (bicyclic) bond motifs is 1. The van der Waals surface area contributed by atoms with Crippen LogP contribution in [0.5, 0.6) is 5.75 Å². The van der Waals surface area contributed by atoms with Gasteiger partial charge in [-0.25, -0.2) is 4.79 Å². The van der Waals surface area contributed by atoms with Crippen LogP contribution in [0.25, 0.3) is 10.8 Å². The molecule has 0 saturated carbocycles. The summed E-state index contributed by atoms with van der Waals surface area (Å²) in [7, 11) is 1.63. The summed E-state index contributed by atoms with van der Waals surface area (Å²) in [5.41, 5.74) is 2.65. The van der Waals surface area contributed by atoms with Crippen molar-refractivity contribution in [3.63, 3.8) is 0 Å². The molecule has 0 bridgehead atoms. The highest BCUT2D eigenvalue weighted by Crippen LogP contribution is 2.21. The topological polar surface area (TPSA) is 48.4 Å². The lowest BCUT2D eigenvalue weighted by atomic mass is 10.0.